The molecule has 0 aliphatic carbocycles. The maximum absolute atomic E-state index is 14.7. The van der Waals surface area contributed by atoms with Gasteiger partial charge in [0.25, 0.3) is 0 Å². The smallest absolute Gasteiger partial charge is 0.410 e. The van der Waals surface area contributed by atoms with Gasteiger partial charge in [0.05, 0.1) is 23.9 Å². The number of esters is 1. The largest absolute Gasteiger partial charge is 0.458 e. The summed E-state index contributed by atoms with van der Waals surface area (Å²) in [5.74, 6) is -4.87. The lowest BCUT2D eigenvalue weighted by Gasteiger charge is -2.47. The second kappa shape index (κ2) is 19.4. The molecule has 326 valence electrons. The number of carbonyl (C=O) groups excluding carboxylic acids is 4. The third-order valence-corrected chi connectivity index (χ3v) is 13.3. The van der Waals surface area contributed by atoms with Crippen molar-refractivity contribution in [1.29, 1.82) is 0 Å². The molecule has 2 aromatic rings. The highest BCUT2D eigenvalue weighted by Gasteiger charge is 2.60. The predicted octanol–water partition coefficient (Wildman–Crippen LogP) is 6.88. The van der Waals surface area contributed by atoms with E-state index < -0.39 is 83.4 Å². The second-order valence-corrected chi connectivity index (χ2v) is 17.9. The molecule has 2 aromatic carbocycles. The lowest BCUT2D eigenvalue weighted by Crippen LogP contribution is -2.60. The Morgan fingerprint density at radius 3 is 2.14 bits per heavy atom. The van der Waals surface area contributed by atoms with Gasteiger partial charge in [-0.3, -0.25) is 14.4 Å². The van der Waals surface area contributed by atoms with Crippen LogP contribution in [-0.2, 0) is 44.5 Å². The van der Waals surface area contributed by atoms with E-state index in [4.69, 9.17) is 23.7 Å². The first-order chi connectivity index (χ1) is 27.9. The first-order valence-corrected chi connectivity index (χ1v) is 21.5. The van der Waals surface area contributed by atoms with Gasteiger partial charge in [0.2, 0.25) is 0 Å². The van der Waals surface area contributed by atoms with Crippen molar-refractivity contribution < 1.29 is 48.0 Å². The average molecular weight is 821 g/mol. The molecule has 3 fully saturated rings. The van der Waals surface area contributed by atoms with E-state index in [0.29, 0.717) is 19.4 Å². The van der Waals surface area contributed by atoms with Crippen molar-refractivity contribution in [3.63, 3.8) is 0 Å². The summed E-state index contributed by atoms with van der Waals surface area (Å²) in [5, 5.41) is 11.5. The van der Waals surface area contributed by atoms with Crippen LogP contribution in [0.5, 0.6) is 0 Å². The van der Waals surface area contributed by atoms with E-state index in [1.807, 2.05) is 64.9 Å². The zero-order valence-electron chi connectivity index (χ0n) is 37.0. The highest BCUT2D eigenvalue weighted by molar-refractivity contribution is 6.00. The summed E-state index contributed by atoms with van der Waals surface area (Å²) in [6.45, 7) is 14.4. The summed E-state index contributed by atoms with van der Waals surface area (Å²) < 4.78 is 31.3. The van der Waals surface area contributed by atoms with Crippen LogP contribution >= 0.6 is 0 Å². The number of hydrogen-bond donors (Lipinski definition) is 1. The molecular formula is C47H68N2O10. The second-order valence-electron chi connectivity index (χ2n) is 17.9. The minimum Gasteiger partial charge on any atom is -0.458 e. The van der Waals surface area contributed by atoms with Crippen LogP contribution in [-0.4, -0.2) is 120 Å². The highest BCUT2D eigenvalue weighted by Crippen LogP contribution is 2.43. The number of methoxy groups -OCH3 is 1. The summed E-state index contributed by atoms with van der Waals surface area (Å²) in [6.07, 6.45) is -1.71. The van der Waals surface area contributed by atoms with Crippen molar-refractivity contribution in [2.75, 3.05) is 27.7 Å². The number of benzene rings is 2. The number of nitrogens with zero attached hydrogens (tertiary/aromatic N) is 2. The quantitative estimate of drug-likeness (QED) is 0.144. The number of carbonyl (C=O) groups is 4. The molecule has 0 aromatic heterocycles. The van der Waals surface area contributed by atoms with Crippen molar-refractivity contribution in [1.82, 2.24) is 9.80 Å². The summed E-state index contributed by atoms with van der Waals surface area (Å²) in [7, 11) is 5.26. The Kier molecular flexibility index (Phi) is 15.2. The highest BCUT2D eigenvalue weighted by atomic mass is 16.7. The van der Waals surface area contributed by atoms with Gasteiger partial charge in [0.15, 0.2) is 17.7 Å². The van der Waals surface area contributed by atoms with E-state index in [1.165, 1.54) is 19.6 Å². The summed E-state index contributed by atoms with van der Waals surface area (Å²) >= 11 is 0. The molecule has 5 rings (SSSR count). The van der Waals surface area contributed by atoms with Gasteiger partial charge < -0.3 is 38.6 Å². The number of likely N-dealkylation sites (N-methyl/N-ethyl adjacent to an activating group) is 1. The number of unbranched alkanes of at least 4 members (excludes halogenated alkanes) is 1. The van der Waals surface area contributed by atoms with Crippen LogP contribution in [0.2, 0.25) is 0 Å². The van der Waals surface area contributed by atoms with Gasteiger partial charge in [-0.1, -0.05) is 82.3 Å². The Labute approximate surface area is 351 Å². The van der Waals surface area contributed by atoms with E-state index in [9.17, 15) is 24.3 Å². The molecule has 3 aliphatic heterocycles. The number of fused-ring (bicyclic) bond motifs is 1. The van der Waals surface area contributed by atoms with E-state index in [2.05, 4.69) is 36.4 Å². The molecule has 0 spiro atoms. The topological polar surface area (TPSA) is 141 Å². The molecule has 13 atom stereocenters. The van der Waals surface area contributed by atoms with Crippen LogP contribution in [0.25, 0.3) is 11.1 Å². The molecule has 3 aliphatic rings. The maximum Gasteiger partial charge on any atom is 0.410 e. The predicted molar refractivity (Wildman–Crippen MR) is 224 cm³/mol. The number of ether oxygens (including phenoxy) is 5. The fourth-order valence-corrected chi connectivity index (χ4v) is 9.81. The van der Waals surface area contributed by atoms with Crippen molar-refractivity contribution in [2.45, 2.75) is 148 Å². The Balaban J connectivity index is 1.42. The zero-order chi connectivity index (χ0) is 43.4. The first kappa shape index (κ1) is 46.4. The first-order valence-electron chi connectivity index (χ1n) is 21.5. The zero-order valence-corrected chi connectivity index (χ0v) is 37.0. The average Bonchev–Trinajstić information content (AvgIpc) is 3.48. The minimum absolute atomic E-state index is 0.133. The molecule has 59 heavy (non-hydrogen) atoms. The van der Waals surface area contributed by atoms with Gasteiger partial charge in [-0.05, 0) is 97.0 Å². The number of aryl methyl sites for hydroxylation is 1. The molecule has 1 amide bonds. The van der Waals surface area contributed by atoms with Crippen molar-refractivity contribution in [3.8, 4) is 11.1 Å². The number of amides is 1. The maximum atomic E-state index is 14.7. The fraction of sp³-hybridized carbons (Fsp3) is 0.660. The lowest BCUT2D eigenvalue weighted by molar-refractivity contribution is -0.295. The van der Waals surface area contributed by atoms with Crippen molar-refractivity contribution in [2.24, 2.45) is 23.7 Å². The number of ketones is 2. The van der Waals surface area contributed by atoms with Crippen LogP contribution in [0.15, 0.2) is 54.6 Å². The summed E-state index contributed by atoms with van der Waals surface area (Å²) in [4.78, 5) is 60.5. The molecule has 0 unspecified atom stereocenters. The van der Waals surface area contributed by atoms with E-state index in [1.54, 1.807) is 25.7 Å². The Hall–Kier alpha value is -3.68. The Bertz CT molecular complexity index is 1750. The van der Waals surface area contributed by atoms with Gasteiger partial charge in [-0.15, -0.1) is 0 Å². The van der Waals surface area contributed by atoms with E-state index in [-0.39, 0.29) is 30.8 Å². The van der Waals surface area contributed by atoms with Gasteiger partial charge in [0.1, 0.15) is 23.9 Å². The summed E-state index contributed by atoms with van der Waals surface area (Å²) in [5.41, 5.74) is 0.847. The number of aliphatic hydroxyl groups excluding tert-OH is 1. The van der Waals surface area contributed by atoms with Crippen LogP contribution in [0.4, 0.5) is 4.79 Å². The molecular weight excluding hydrogens is 753 g/mol. The SMILES string of the molecule is CC[C@H]1OC(=O)[C@H](C)C(=O)[C@H](C)[C@@H](O[C@@H]2O[C@H](C)C[C@H](N(C)C)[C@H]2O)[C@](C)(OC)C[C@@H](C)C(=O)[C@H](C)[C@H]2N(CCCCc3ccc(-c4ccccc4)cc3)C(=O)O[C@]12C. The van der Waals surface area contributed by atoms with Gasteiger partial charge in [-0.25, -0.2) is 4.79 Å². The van der Waals surface area contributed by atoms with E-state index >= 15 is 0 Å². The third-order valence-electron chi connectivity index (χ3n) is 13.3. The number of Topliss-reactive ketones (excluding diaryl/α,β-unsaturated/α-hetero) is 2. The molecule has 3 heterocycles. The molecule has 0 bridgehead atoms. The van der Waals surface area contributed by atoms with E-state index in [0.717, 1.165) is 24.0 Å². The molecule has 0 saturated carbocycles. The lowest BCUT2D eigenvalue weighted by atomic mass is 9.73. The standard InChI is InChI=1S/C47H68N2O10/c1-12-37-47(8)41(49(45(54)59-47)25-17-16-18-33-21-23-35(24-22-33)34-19-14-13-15-20-34)30(4)38(50)28(2)27-46(7,55-11)42(31(5)39(51)32(6)43(53)57-37)58-44-40(52)36(48(9)10)26-29(3)56-44/h13-15,19-24,28-32,36-37,40-42,44,52H,12,16-18,25-27H2,1-11H3/t28-,29-,30+,31+,32-,36+,37-,40-,41-,42-,44+,46-,47-/m1/s1. The molecule has 1 N–H and O–H groups in total. The number of rotatable bonds is 11. The van der Waals surface area contributed by atoms with Crippen LogP contribution < -0.4 is 0 Å². The van der Waals surface area contributed by atoms with Gasteiger partial charge in [0, 0.05) is 37.5 Å². The molecule has 0 radical (unpaired) electrons. The van der Waals surface area contributed by atoms with Gasteiger partial charge >= 0.3 is 12.1 Å². The number of hydrogen-bond acceptors (Lipinski definition) is 11. The normalized spacial score (nSPS) is 36.2. The van der Waals surface area contributed by atoms with Gasteiger partial charge in [-0.2, -0.15) is 0 Å². The Morgan fingerprint density at radius 1 is 0.881 bits per heavy atom. The molecule has 12 heteroatoms. The van der Waals surface area contributed by atoms with Crippen LogP contribution in [0, 0.1) is 23.7 Å². The fourth-order valence-electron chi connectivity index (χ4n) is 9.81. The minimum atomic E-state index is -1.38. The van der Waals surface area contributed by atoms with Crippen LogP contribution in [0.3, 0.4) is 0 Å². The van der Waals surface area contributed by atoms with Crippen molar-refractivity contribution >= 4 is 23.6 Å². The molecule has 3 saturated heterocycles. The number of aliphatic hydroxyl groups is 1. The van der Waals surface area contributed by atoms with Crippen LogP contribution in [0.1, 0.15) is 93.1 Å². The monoisotopic (exact) mass is 820 g/mol. The van der Waals surface area contributed by atoms with Crippen molar-refractivity contribution in [3.05, 3.63) is 60.2 Å². The Morgan fingerprint density at radius 2 is 1.53 bits per heavy atom. The number of cyclic esters (lactones) is 1. The summed E-state index contributed by atoms with van der Waals surface area (Å²) in [6, 6.07) is 17.7. The molecule has 12 nitrogen and oxygen atoms in total. The third kappa shape index (κ3) is 9.94.